The summed E-state index contributed by atoms with van der Waals surface area (Å²) in [7, 11) is 1.64. The van der Waals surface area contributed by atoms with Crippen LogP contribution in [0.25, 0.3) is 5.69 Å². The second-order valence-electron chi connectivity index (χ2n) is 8.86. The molecule has 0 aliphatic rings. The van der Waals surface area contributed by atoms with Gasteiger partial charge in [0.1, 0.15) is 11.5 Å². The monoisotopic (exact) mass is 501 g/mol. The van der Waals surface area contributed by atoms with E-state index in [0.717, 1.165) is 28.3 Å². The van der Waals surface area contributed by atoms with Gasteiger partial charge in [0.05, 0.1) is 36.8 Å². The minimum Gasteiger partial charge on any atom is -0.497 e. The van der Waals surface area contributed by atoms with Crippen LogP contribution >= 0.6 is 0 Å². The lowest BCUT2D eigenvalue weighted by Crippen LogP contribution is -2.34. The van der Waals surface area contributed by atoms with E-state index in [0.29, 0.717) is 44.5 Å². The Kier molecular flexibility index (Phi) is 9.32. The van der Waals surface area contributed by atoms with Gasteiger partial charge in [-0.05, 0) is 55.8 Å². The molecule has 0 bridgehead atoms. The quantitative estimate of drug-likeness (QED) is 0.265. The lowest BCUT2D eigenvalue weighted by Gasteiger charge is -2.25. The molecule has 0 spiro atoms. The minimum atomic E-state index is -0.612. The maximum Gasteiger partial charge on any atom is 0.227 e. The predicted octanol–water partition coefficient (Wildman–Crippen LogP) is 5.38. The average Bonchev–Trinajstić information content (AvgIpc) is 3.23. The van der Waals surface area contributed by atoms with Gasteiger partial charge in [-0.15, -0.1) is 0 Å². The molecule has 0 fully saturated rings. The molecule has 7 heteroatoms. The highest BCUT2D eigenvalue weighted by Gasteiger charge is 2.23. The molecule has 194 valence electrons. The normalized spacial score (nSPS) is 12.0. The van der Waals surface area contributed by atoms with Crippen LogP contribution in [0, 0.1) is 6.92 Å². The first kappa shape index (κ1) is 26.4. The fourth-order valence-corrected chi connectivity index (χ4v) is 4.18. The van der Waals surface area contributed by atoms with Crippen molar-refractivity contribution in [2.75, 3.05) is 26.9 Å². The van der Waals surface area contributed by atoms with Crippen LogP contribution in [-0.2, 0) is 17.8 Å². The van der Waals surface area contributed by atoms with Gasteiger partial charge in [-0.3, -0.25) is 4.90 Å². The summed E-state index contributed by atoms with van der Waals surface area (Å²) in [6.45, 7) is 6.44. The summed E-state index contributed by atoms with van der Waals surface area (Å²) in [6.07, 6.45) is -0.612. The van der Waals surface area contributed by atoms with Gasteiger partial charge < -0.3 is 19.3 Å². The molecule has 0 saturated heterocycles. The topological polar surface area (TPSA) is 69.0 Å². The van der Waals surface area contributed by atoms with Gasteiger partial charge >= 0.3 is 0 Å². The Hall–Kier alpha value is -3.65. The van der Waals surface area contributed by atoms with Gasteiger partial charge in [-0.25, -0.2) is 4.68 Å². The van der Waals surface area contributed by atoms with Crippen molar-refractivity contribution in [1.82, 2.24) is 14.7 Å². The summed E-state index contributed by atoms with van der Waals surface area (Å²) in [5, 5.41) is 15.5. The van der Waals surface area contributed by atoms with Gasteiger partial charge in [-0.2, -0.15) is 5.10 Å². The highest BCUT2D eigenvalue weighted by Crippen LogP contribution is 2.32. The summed E-state index contributed by atoms with van der Waals surface area (Å²) in [5.74, 6) is 2.09. The number of hydrogen-bond donors (Lipinski definition) is 1. The number of aromatic nitrogens is 2. The molecule has 4 aromatic rings. The summed E-state index contributed by atoms with van der Waals surface area (Å²) in [5.41, 5.74) is 3.90. The van der Waals surface area contributed by atoms with E-state index in [1.807, 2.05) is 91.3 Å². The number of aliphatic hydroxyl groups is 1. The fourth-order valence-electron chi connectivity index (χ4n) is 4.18. The van der Waals surface area contributed by atoms with Crippen LogP contribution in [0.4, 0.5) is 0 Å². The summed E-state index contributed by atoms with van der Waals surface area (Å²) in [6, 6.07) is 27.7. The lowest BCUT2D eigenvalue weighted by molar-refractivity contribution is 0.0178. The summed E-state index contributed by atoms with van der Waals surface area (Å²) in [4.78, 5) is 2.21. The Labute approximate surface area is 218 Å². The number of hydrogen-bond acceptors (Lipinski definition) is 6. The lowest BCUT2D eigenvalue weighted by atomic mass is 10.1. The van der Waals surface area contributed by atoms with Crippen LogP contribution in [0.1, 0.15) is 23.7 Å². The fraction of sp³-hybridized carbons (Fsp3) is 0.300. The van der Waals surface area contributed by atoms with Crippen molar-refractivity contribution in [2.45, 2.75) is 33.0 Å². The van der Waals surface area contributed by atoms with E-state index in [1.165, 1.54) is 0 Å². The first-order valence-corrected chi connectivity index (χ1v) is 12.5. The largest absolute Gasteiger partial charge is 0.497 e. The second kappa shape index (κ2) is 13.1. The third-order valence-electron chi connectivity index (χ3n) is 6.03. The zero-order valence-corrected chi connectivity index (χ0v) is 21.7. The predicted molar refractivity (Wildman–Crippen MR) is 144 cm³/mol. The number of aryl methyl sites for hydroxylation is 1. The van der Waals surface area contributed by atoms with E-state index in [2.05, 4.69) is 17.0 Å². The van der Waals surface area contributed by atoms with E-state index >= 15 is 0 Å². The van der Waals surface area contributed by atoms with Crippen molar-refractivity contribution >= 4 is 0 Å². The van der Waals surface area contributed by atoms with Crippen molar-refractivity contribution in [1.29, 1.82) is 0 Å². The number of nitrogens with zero attached hydrogens (tertiary/aromatic N) is 3. The molecule has 0 saturated carbocycles. The molecule has 7 nitrogen and oxygen atoms in total. The van der Waals surface area contributed by atoms with Crippen molar-refractivity contribution in [3.05, 3.63) is 102 Å². The standard InChI is InChI=1S/C30H35N3O4/c1-4-36-22-26(34)20-32(19-24-11-7-5-8-12-24)21-29-23(2)31-33(25-13-9-6-10-14-25)30(29)37-28-17-15-27(35-3)16-18-28/h5-18,26,34H,4,19-22H2,1-3H3/t26-/m1/s1. The van der Waals surface area contributed by atoms with Crippen LogP contribution in [-0.4, -0.2) is 52.8 Å². The van der Waals surface area contributed by atoms with Crippen molar-refractivity contribution < 1.29 is 19.3 Å². The maximum atomic E-state index is 10.7. The van der Waals surface area contributed by atoms with Crippen LogP contribution in [0.15, 0.2) is 84.9 Å². The van der Waals surface area contributed by atoms with Crippen LogP contribution in [0.3, 0.4) is 0 Å². The molecule has 0 aliphatic carbocycles. The Bertz CT molecular complexity index is 1230. The number of benzene rings is 3. The average molecular weight is 502 g/mol. The highest BCUT2D eigenvalue weighted by atomic mass is 16.5. The summed E-state index contributed by atoms with van der Waals surface area (Å²) >= 11 is 0. The third-order valence-corrected chi connectivity index (χ3v) is 6.03. The van der Waals surface area contributed by atoms with Gasteiger partial charge in [-0.1, -0.05) is 48.5 Å². The van der Waals surface area contributed by atoms with E-state index < -0.39 is 6.10 Å². The molecule has 4 rings (SSSR count). The first-order valence-electron chi connectivity index (χ1n) is 12.5. The molecule has 1 aromatic heterocycles. The third kappa shape index (κ3) is 7.20. The SMILES string of the molecule is CCOC[C@H](O)CN(Cc1ccccc1)Cc1c(C)nn(-c2ccccc2)c1Oc1ccc(OC)cc1. The van der Waals surface area contributed by atoms with Crippen molar-refractivity contribution in [3.8, 4) is 23.1 Å². The molecule has 0 amide bonds. The van der Waals surface area contributed by atoms with Crippen LogP contribution < -0.4 is 9.47 Å². The molecule has 0 radical (unpaired) electrons. The molecule has 0 aliphatic heterocycles. The number of methoxy groups -OCH3 is 1. The van der Waals surface area contributed by atoms with Gasteiger partial charge in [0, 0.05) is 26.2 Å². The molecule has 37 heavy (non-hydrogen) atoms. The first-order chi connectivity index (χ1) is 18.1. The highest BCUT2D eigenvalue weighted by molar-refractivity contribution is 5.44. The molecular formula is C30H35N3O4. The Morgan fingerprint density at radius 1 is 0.892 bits per heavy atom. The van der Waals surface area contributed by atoms with Crippen molar-refractivity contribution in [3.63, 3.8) is 0 Å². The van der Waals surface area contributed by atoms with E-state index in [-0.39, 0.29) is 0 Å². The van der Waals surface area contributed by atoms with E-state index in [9.17, 15) is 5.11 Å². The van der Waals surface area contributed by atoms with Crippen LogP contribution in [0.5, 0.6) is 17.4 Å². The van der Waals surface area contributed by atoms with Gasteiger partial charge in [0.15, 0.2) is 0 Å². The number of aliphatic hydroxyl groups excluding tert-OH is 1. The molecular weight excluding hydrogens is 466 g/mol. The second-order valence-corrected chi connectivity index (χ2v) is 8.86. The van der Waals surface area contributed by atoms with Gasteiger partial charge in [0.2, 0.25) is 5.88 Å². The maximum absolute atomic E-state index is 10.7. The number of para-hydroxylation sites is 1. The number of ether oxygens (including phenoxy) is 3. The molecule has 1 atom stereocenters. The molecule has 1 heterocycles. The molecule has 0 unspecified atom stereocenters. The Balaban J connectivity index is 1.69. The van der Waals surface area contributed by atoms with Crippen LogP contribution in [0.2, 0.25) is 0 Å². The zero-order valence-electron chi connectivity index (χ0n) is 21.7. The zero-order chi connectivity index (χ0) is 26.0. The van der Waals surface area contributed by atoms with E-state index in [4.69, 9.17) is 19.3 Å². The molecule has 1 N–H and O–H groups in total. The molecule has 3 aromatic carbocycles. The Morgan fingerprint density at radius 2 is 1.54 bits per heavy atom. The summed E-state index contributed by atoms with van der Waals surface area (Å²) < 4.78 is 19.1. The minimum absolute atomic E-state index is 0.291. The number of rotatable bonds is 13. The van der Waals surface area contributed by atoms with Gasteiger partial charge in [0.25, 0.3) is 0 Å². The van der Waals surface area contributed by atoms with E-state index in [1.54, 1.807) is 7.11 Å². The van der Waals surface area contributed by atoms with Crippen molar-refractivity contribution in [2.24, 2.45) is 0 Å². The smallest absolute Gasteiger partial charge is 0.227 e. The Morgan fingerprint density at radius 3 is 2.19 bits per heavy atom.